The molecule has 0 saturated heterocycles. The van der Waals surface area contributed by atoms with E-state index in [1.54, 1.807) is 0 Å². The fraction of sp³-hybridized carbons (Fsp3) is 0.455. The molecule has 0 bridgehead atoms. The molecule has 16 heavy (non-hydrogen) atoms. The molecule has 0 radical (unpaired) electrons. The molecule has 1 unspecified atom stereocenters. The van der Waals surface area contributed by atoms with Crippen molar-refractivity contribution in [2.24, 2.45) is 0 Å². The van der Waals surface area contributed by atoms with E-state index in [0.29, 0.717) is 6.54 Å². The standard InChI is InChI=1S/C11H16F2N2O/c1-15(2)7-9(16)6-14-11-5-8(12)3-4-10(11)13/h3-5,9,14,16H,6-7H2,1-2H3. The molecule has 0 aliphatic heterocycles. The maximum atomic E-state index is 13.2. The lowest BCUT2D eigenvalue weighted by atomic mass is 10.2. The van der Waals surface area contributed by atoms with Crippen LogP contribution >= 0.6 is 0 Å². The summed E-state index contributed by atoms with van der Waals surface area (Å²) in [6.07, 6.45) is -0.627. The summed E-state index contributed by atoms with van der Waals surface area (Å²) in [6.45, 7) is 0.641. The van der Waals surface area contributed by atoms with Crippen LogP contribution in [0.4, 0.5) is 14.5 Å². The number of hydrogen-bond donors (Lipinski definition) is 2. The van der Waals surface area contributed by atoms with Crippen LogP contribution in [0.5, 0.6) is 0 Å². The van der Waals surface area contributed by atoms with E-state index in [4.69, 9.17) is 0 Å². The van der Waals surface area contributed by atoms with Crippen LogP contribution < -0.4 is 5.32 Å². The number of nitrogens with zero attached hydrogens (tertiary/aromatic N) is 1. The number of anilines is 1. The van der Waals surface area contributed by atoms with Gasteiger partial charge in [-0.15, -0.1) is 0 Å². The normalized spacial score (nSPS) is 12.9. The Morgan fingerprint density at radius 1 is 1.38 bits per heavy atom. The van der Waals surface area contributed by atoms with Gasteiger partial charge in [-0.1, -0.05) is 0 Å². The summed E-state index contributed by atoms with van der Waals surface area (Å²) < 4.78 is 26.0. The van der Waals surface area contributed by atoms with Gasteiger partial charge in [0, 0.05) is 13.1 Å². The average molecular weight is 230 g/mol. The van der Waals surface area contributed by atoms with Crippen molar-refractivity contribution in [3.63, 3.8) is 0 Å². The number of likely N-dealkylation sites (N-methyl/N-ethyl adjacent to an activating group) is 1. The van der Waals surface area contributed by atoms with E-state index in [1.807, 2.05) is 19.0 Å². The number of benzene rings is 1. The van der Waals surface area contributed by atoms with Gasteiger partial charge in [0.25, 0.3) is 0 Å². The predicted molar refractivity (Wildman–Crippen MR) is 59.4 cm³/mol. The number of rotatable bonds is 5. The predicted octanol–water partition coefficient (Wildman–Crippen LogP) is 1.30. The number of hydrogen-bond acceptors (Lipinski definition) is 3. The van der Waals surface area contributed by atoms with E-state index < -0.39 is 17.7 Å². The van der Waals surface area contributed by atoms with Crippen LogP contribution in [0.1, 0.15) is 0 Å². The van der Waals surface area contributed by atoms with Crippen LogP contribution in [0.3, 0.4) is 0 Å². The van der Waals surface area contributed by atoms with Crippen LogP contribution in [-0.4, -0.2) is 43.3 Å². The highest BCUT2D eigenvalue weighted by atomic mass is 19.1. The number of aliphatic hydroxyl groups excluding tert-OH is 1. The maximum Gasteiger partial charge on any atom is 0.146 e. The first-order valence-electron chi connectivity index (χ1n) is 5.00. The van der Waals surface area contributed by atoms with Gasteiger partial charge in [0.05, 0.1) is 11.8 Å². The fourth-order valence-corrected chi connectivity index (χ4v) is 1.35. The molecule has 0 aromatic heterocycles. The number of nitrogens with one attached hydrogen (secondary N) is 1. The summed E-state index contributed by atoms with van der Waals surface area (Å²) in [7, 11) is 3.65. The Morgan fingerprint density at radius 2 is 2.06 bits per heavy atom. The summed E-state index contributed by atoms with van der Waals surface area (Å²) in [4.78, 5) is 1.81. The first-order chi connectivity index (χ1) is 7.49. The average Bonchev–Trinajstić information content (AvgIpc) is 2.18. The highest BCUT2D eigenvalue weighted by molar-refractivity contribution is 5.44. The lowest BCUT2D eigenvalue weighted by molar-refractivity contribution is 0.148. The largest absolute Gasteiger partial charge is 0.390 e. The second-order valence-corrected chi connectivity index (χ2v) is 3.92. The van der Waals surface area contributed by atoms with Gasteiger partial charge < -0.3 is 15.3 Å². The molecule has 5 heteroatoms. The second-order valence-electron chi connectivity index (χ2n) is 3.92. The van der Waals surface area contributed by atoms with Crippen molar-refractivity contribution in [1.29, 1.82) is 0 Å². The zero-order chi connectivity index (χ0) is 12.1. The summed E-state index contributed by atoms with van der Waals surface area (Å²) in [5.41, 5.74) is 0.0674. The third kappa shape index (κ3) is 4.12. The molecule has 1 rings (SSSR count). The van der Waals surface area contributed by atoms with Gasteiger partial charge in [0.15, 0.2) is 0 Å². The van der Waals surface area contributed by atoms with Crippen LogP contribution in [0.2, 0.25) is 0 Å². The maximum absolute atomic E-state index is 13.2. The quantitative estimate of drug-likeness (QED) is 0.800. The summed E-state index contributed by atoms with van der Waals surface area (Å²) in [6, 6.07) is 3.17. The van der Waals surface area contributed by atoms with Crippen molar-refractivity contribution in [3.8, 4) is 0 Å². The zero-order valence-electron chi connectivity index (χ0n) is 9.37. The molecular weight excluding hydrogens is 214 g/mol. The Bertz CT molecular complexity index is 345. The summed E-state index contributed by atoms with van der Waals surface area (Å²) in [5.74, 6) is -1.04. The molecule has 1 aromatic rings. The minimum absolute atomic E-state index is 0.0674. The van der Waals surface area contributed by atoms with Crippen LogP contribution in [-0.2, 0) is 0 Å². The third-order valence-electron chi connectivity index (χ3n) is 2.03. The molecule has 0 amide bonds. The van der Waals surface area contributed by atoms with Crippen molar-refractivity contribution in [3.05, 3.63) is 29.8 Å². The molecule has 0 heterocycles. The second kappa shape index (κ2) is 5.77. The SMILES string of the molecule is CN(C)CC(O)CNc1cc(F)ccc1F. The minimum Gasteiger partial charge on any atom is -0.390 e. The van der Waals surface area contributed by atoms with E-state index >= 15 is 0 Å². The lowest BCUT2D eigenvalue weighted by Crippen LogP contribution is -2.31. The molecular formula is C11H16F2N2O. The molecule has 2 N–H and O–H groups in total. The molecule has 0 aliphatic rings. The molecule has 0 fully saturated rings. The van der Waals surface area contributed by atoms with Gasteiger partial charge in [-0.2, -0.15) is 0 Å². The molecule has 1 aromatic carbocycles. The third-order valence-corrected chi connectivity index (χ3v) is 2.03. The Hall–Kier alpha value is -1.20. The molecule has 90 valence electrons. The monoisotopic (exact) mass is 230 g/mol. The van der Waals surface area contributed by atoms with Gasteiger partial charge in [0.1, 0.15) is 11.6 Å². The van der Waals surface area contributed by atoms with Crippen molar-refractivity contribution in [2.75, 3.05) is 32.5 Å². The Kier molecular flexibility index (Phi) is 4.64. The van der Waals surface area contributed by atoms with E-state index in [9.17, 15) is 13.9 Å². The van der Waals surface area contributed by atoms with Gasteiger partial charge >= 0.3 is 0 Å². The van der Waals surface area contributed by atoms with Gasteiger partial charge in [-0.05, 0) is 32.3 Å². The Morgan fingerprint density at radius 3 is 2.69 bits per heavy atom. The molecule has 0 saturated carbocycles. The van der Waals surface area contributed by atoms with Crippen LogP contribution in [0, 0.1) is 11.6 Å². The van der Waals surface area contributed by atoms with Crippen molar-refractivity contribution in [2.45, 2.75) is 6.10 Å². The molecule has 1 atom stereocenters. The first kappa shape index (κ1) is 12.9. The smallest absolute Gasteiger partial charge is 0.146 e. The molecule has 0 spiro atoms. The van der Waals surface area contributed by atoms with Crippen molar-refractivity contribution in [1.82, 2.24) is 4.90 Å². The molecule has 0 aliphatic carbocycles. The first-order valence-corrected chi connectivity index (χ1v) is 5.00. The van der Waals surface area contributed by atoms with Gasteiger partial charge in [0.2, 0.25) is 0 Å². The lowest BCUT2D eigenvalue weighted by Gasteiger charge is -2.17. The highest BCUT2D eigenvalue weighted by Gasteiger charge is 2.08. The molecule has 3 nitrogen and oxygen atoms in total. The van der Waals surface area contributed by atoms with Crippen LogP contribution in [0.25, 0.3) is 0 Å². The van der Waals surface area contributed by atoms with Gasteiger partial charge in [-0.25, -0.2) is 8.78 Å². The van der Waals surface area contributed by atoms with E-state index in [1.165, 1.54) is 0 Å². The minimum atomic E-state index is -0.627. The Balaban J connectivity index is 2.51. The summed E-state index contributed by atoms with van der Waals surface area (Å²) in [5, 5.41) is 12.2. The van der Waals surface area contributed by atoms with Crippen molar-refractivity contribution >= 4 is 5.69 Å². The summed E-state index contributed by atoms with van der Waals surface area (Å²) >= 11 is 0. The van der Waals surface area contributed by atoms with Crippen molar-refractivity contribution < 1.29 is 13.9 Å². The van der Waals surface area contributed by atoms with Gasteiger partial charge in [-0.3, -0.25) is 0 Å². The van der Waals surface area contributed by atoms with Crippen LogP contribution in [0.15, 0.2) is 18.2 Å². The highest BCUT2D eigenvalue weighted by Crippen LogP contribution is 2.14. The topological polar surface area (TPSA) is 35.5 Å². The van der Waals surface area contributed by atoms with E-state index in [-0.39, 0.29) is 12.2 Å². The van der Waals surface area contributed by atoms with E-state index in [0.717, 1.165) is 18.2 Å². The number of aliphatic hydroxyl groups is 1. The van der Waals surface area contributed by atoms with E-state index in [2.05, 4.69) is 5.32 Å². The Labute approximate surface area is 93.7 Å². The number of halogens is 2. The fourth-order valence-electron chi connectivity index (χ4n) is 1.35. The zero-order valence-corrected chi connectivity index (χ0v) is 9.37.